The minimum absolute atomic E-state index is 0.0767. The van der Waals surface area contributed by atoms with Crippen LogP contribution in [0.5, 0.6) is 0 Å². The molecule has 0 amide bonds. The van der Waals surface area contributed by atoms with Crippen LogP contribution in [0.4, 0.5) is 5.88 Å². The first-order chi connectivity index (χ1) is 8.45. The van der Waals surface area contributed by atoms with Gasteiger partial charge < -0.3 is 14.5 Å². The lowest BCUT2D eigenvalue weighted by Gasteiger charge is -2.51. The molecule has 0 saturated heterocycles. The van der Waals surface area contributed by atoms with Crippen molar-refractivity contribution in [2.24, 2.45) is 5.41 Å². The number of nitro groups is 1. The van der Waals surface area contributed by atoms with Crippen LogP contribution in [0.25, 0.3) is 0 Å². The Bertz CT molecular complexity index is 441. The van der Waals surface area contributed by atoms with E-state index in [1.807, 2.05) is 0 Å². The quantitative estimate of drug-likeness (QED) is 0.643. The number of hydrogen-bond donors (Lipinski definition) is 1. The fourth-order valence-electron chi connectivity index (χ4n) is 2.42. The van der Waals surface area contributed by atoms with Gasteiger partial charge in [-0.3, -0.25) is 10.1 Å². The second-order valence-corrected chi connectivity index (χ2v) is 5.21. The molecule has 6 heteroatoms. The van der Waals surface area contributed by atoms with Crippen LogP contribution in [0.1, 0.15) is 26.0 Å². The lowest BCUT2D eigenvalue weighted by Crippen LogP contribution is -2.60. The first kappa shape index (κ1) is 13.0. The summed E-state index contributed by atoms with van der Waals surface area (Å²) in [6, 6.07) is 3.34. The summed E-state index contributed by atoms with van der Waals surface area (Å²) in [6.45, 7) is 4.79. The standard InChI is InChI=1S/C12H18N2O4/c1-12(2)9(6-10(12)17-3)13-7-8-4-5-11(18-8)14(15)16/h4-5,9-10,13H,6-7H2,1-3H3. The molecule has 1 fully saturated rings. The van der Waals surface area contributed by atoms with Gasteiger partial charge >= 0.3 is 5.88 Å². The van der Waals surface area contributed by atoms with E-state index in [2.05, 4.69) is 19.2 Å². The highest BCUT2D eigenvalue weighted by Gasteiger charge is 2.48. The van der Waals surface area contributed by atoms with E-state index in [-0.39, 0.29) is 17.4 Å². The molecule has 0 radical (unpaired) electrons. The summed E-state index contributed by atoms with van der Waals surface area (Å²) in [5.74, 6) is 0.368. The van der Waals surface area contributed by atoms with Crippen molar-refractivity contribution in [2.45, 2.75) is 39.0 Å². The molecule has 1 heterocycles. The third kappa shape index (κ3) is 2.26. The van der Waals surface area contributed by atoms with E-state index >= 15 is 0 Å². The van der Waals surface area contributed by atoms with Gasteiger partial charge in [0.2, 0.25) is 0 Å². The van der Waals surface area contributed by atoms with Crippen LogP contribution >= 0.6 is 0 Å². The highest BCUT2D eigenvalue weighted by atomic mass is 16.6. The number of nitrogens with zero attached hydrogens (tertiary/aromatic N) is 1. The van der Waals surface area contributed by atoms with E-state index in [9.17, 15) is 10.1 Å². The van der Waals surface area contributed by atoms with Gasteiger partial charge in [0.15, 0.2) is 0 Å². The molecular formula is C12H18N2O4. The number of rotatable bonds is 5. The molecule has 18 heavy (non-hydrogen) atoms. The molecule has 1 aromatic rings. The number of furan rings is 1. The molecule has 1 aromatic heterocycles. The fourth-order valence-corrected chi connectivity index (χ4v) is 2.42. The Hall–Kier alpha value is -1.40. The molecule has 0 aliphatic heterocycles. The van der Waals surface area contributed by atoms with Gasteiger partial charge in [-0.1, -0.05) is 13.8 Å². The van der Waals surface area contributed by atoms with Gasteiger partial charge in [0.1, 0.15) is 10.7 Å². The Kier molecular flexibility index (Phi) is 3.41. The molecule has 6 nitrogen and oxygen atoms in total. The van der Waals surface area contributed by atoms with E-state index in [0.29, 0.717) is 18.3 Å². The smallest absolute Gasteiger partial charge is 0.404 e. The zero-order chi connectivity index (χ0) is 13.3. The largest absolute Gasteiger partial charge is 0.433 e. The van der Waals surface area contributed by atoms with Crippen LogP contribution in [-0.4, -0.2) is 24.2 Å². The van der Waals surface area contributed by atoms with Crippen LogP contribution in [0.3, 0.4) is 0 Å². The van der Waals surface area contributed by atoms with Crippen LogP contribution in [0.15, 0.2) is 16.5 Å². The Morgan fingerprint density at radius 1 is 1.61 bits per heavy atom. The number of hydrogen-bond acceptors (Lipinski definition) is 5. The van der Waals surface area contributed by atoms with Gasteiger partial charge in [-0.05, 0) is 12.5 Å². The molecule has 0 aromatic carbocycles. The second kappa shape index (κ2) is 4.70. The van der Waals surface area contributed by atoms with Gasteiger partial charge in [0.05, 0.1) is 18.7 Å². The van der Waals surface area contributed by atoms with Crippen molar-refractivity contribution in [1.82, 2.24) is 5.32 Å². The molecule has 0 bridgehead atoms. The minimum atomic E-state index is -0.530. The first-order valence-electron chi connectivity index (χ1n) is 5.94. The summed E-state index contributed by atoms with van der Waals surface area (Å²) in [5.41, 5.74) is 0.0767. The molecule has 1 N–H and O–H groups in total. The molecule has 100 valence electrons. The van der Waals surface area contributed by atoms with Crippen molar-refractivity contribution >= 4 is 5.88 Å². The van der Waals surface area contributed by atoms with E-state index in [4.69, 9.17) is 9.15 Å². The van der Waals surface area contributed by atoms with E-state index in [1.165, 1.54) is 6.07 Å². The Morgan fingerprint density at radius 2 is 2.33 bits per heavy atom. The summed E-state index contributed by atoms with van der Waals surface area (Å²) in [6.07, 6.45) is 1.22. The Labute approximate surface area is 105 Å². The Morgan fingerprint density at radius 3 is 2.83 bits per heavy atom. The Balaban J connectivity index is 1.87. The number of methoxy groups -OCH3 is 1. The van der Waals surface area contributed by atoms with Crippen LogP contribution in [-0.2, 0) is 11.3 Å². The maximum absolute atomic E-state index is 10.5. The maximum Gasteiger partial charge on any atom is 0.433 e. The highest BCUT2D eigenvalue weighted by Crippen LogP contribution is 2.42. The van der Waals surface area contributed by atoms with Crippen LogP contribution in [0.2, 0.25) is 0 Å². The van der Waals surface area contributed by atoms with E-state index in [0.717, 1.165) is 6.42 Å². The van der Waals surface area contributed by atoms with Gasteiger partial charge in [-0.2, -0.15) is 0 Å². The topological polar surface area (TPSA) is 77.5 Å². The molecule has 1 aliphatic carbocycles. The van der Waals surface area contributed by atoms with E-state index < -0.39 is 4.92 Å². The molecular weight excluding hydrogens is 236 g/mol. The van der Waals surface area contributed by atoms with Crippen molar-refractivity contribution in [3.8, 4) is 0 Å². The van der Waals surface area contributed by atoms with Crippen molar-refractivity contribution in [1.29, 1.82) is 0 Å². The van der Waals surface area contributed by atoms with E-state index in [1.54, 1.807) is 13.2 Å². The molecule has 2 atom stereocenters. The second-order valence-electron chi connectivity index (χ2n) is 5.21. The molecule has 1 aliphatic rings. The van der Waals surface area contributed by atoms with Gasteiger partial charge in [0, 0.05) is 18.6 Å². The van der Waals surface area contributed by atoms with Crippen LogP contribution < -0.4 is 5.32 Å². The summed E-state index contributed by atoms with van der Waals surface area (Å²) in [5, 5.41) is 13.8. The highest BCUT2D eigenvalue weighted by molar-refractivity contribution is 5.18. The first-order valence-corrected chi connectivity index (χ1v) is 5.94. The van der Waals surface area contributed by atoms with Crippen molar-refractivity contribution in [3.63, 3.8) is 0 Å². The summed E-state index contributed by atoms with van der Waals surface area (Å²) < 4.78 is 10.5. The molecule has 1 saturated carbocycles. The van der Waals surface area contributed by atoms with Gasteiger partial charge in [0.25, 0.3) is 0 Å². The van der Waals surface area contributed by atoms with Crippen molar-refractivity contribution in [3.05, 3.63) is 28.0 Å². The van der Waals surface area contributed by atoms with Crippen LogP contribution in [0, 0.1) is 15.5 Å². The third-order valence-corrected chi connectivity index (χ3v) is 3.81. The summed E-state index contributed by atoms with van der Waals surface area (Å²) >= 11 is 0. The van der Waals surface area contributed by atoms with Gasteiger partial charge in [-0.25, -0.2) is 0 Å². The molecule has 0 spiro atoms. The average molecular weight is 254 g/mol. The normalized spacial score (nSPS) is 25.7. The molecule has 2 rings (SSSR count). The predicted molar refractivity (Wildman–Crippen MR) is 65.2 cm³/mol. The fraction of sp³-hybridized carbons (Fsp3) is 0.667. The van der Waals surface area contributed by atoms with Crippen molar-refractivity contribution in [2.75, 3.05) is 7.11 Å². The van der Waals surface area contributed by atoms with Gasteiger partial charge in [-0.15, -0.1) is 0 Å². The number of ether oxygens (including phenoxy) is 1. The minimum Gasteiger partial charge on any atom is -0.404 e. The number of nitrogens with one attached hydrogen (secondary N) is 1. The summed E-state index contributed by atoms with van der Waals surface area (Å²) in [4.78, 5) is 9.95. The average Bonchev–Trinajstić information content (AvgIpc) is 2.76. The summed E-state index contributed by atoms with van der Waals surface area (Å²) in [7, 11) is 1.72. The van der Waals surface area contributed by atoms with Crippen molar-refractivity contribution < 1.29 is 14.1 Å². The predicted octanol–water partition coefficient (Wildman–Crippen LogP) is 2.09. The SMILES string of the molecule is COC1CC(NCc2ccc([N+](=O)[O-])o2)C1(C)C. The maximum atomic E-state index is 10.5. The lowest BCUT2D eigenvalue weighted by atomic mass is 9.64. The third-order valence-electron chi connectivity index (χ3n) is 3.81. The zero-order valence-corrected chi connectivity index (χ0v) is 10.8. The molecule has 2 unspecified atom stereocenters. The zero-order valence-electron chi connectivity index (χ0n) is 10.8. The monoisotopic (exact) mass is 254 g/mol. The lowest BCUT2D eigenvalue weighted by molar-refractivity contribution is -0.402.